The molecule has 2 fully saturated rings. The number of hydrogen-bond acceptors (Lipinski definition) is 4. The van der Waals surface area contributed by atoms with Crippen LogP contribution in [0.4, 0.5) is 0 Å². The molecule has 2 N–H and O–H groups in total. The minimum absolute atomic E-state index is 0.0482. The third kappa shape index (κ3) is 3.71. The number of carbonyl (C=O) groups excluding carboxylic acids is 3. The minimum atomic E-state index is -0.0736. The van der Waals surface area contributed by atoms with Crippen molar-refractivity contribution in [1.82, 2.24) is 20.1 Å². The first-order valence-electron chi connectivity index (χ1n) is 9.70. The Kier molecular flexibility index (Phi) is 5.25. The molecule has 146 valence electrons. The van der Waals surface area contributed by atoms with E-state index in [0.29, 0.717) is 42.9 Å². The van der Waals surface area contributed by atoms with E-state index < -0.39 is 0 Å². The van der Waals surface area contributed by atoms with Crippen LogP contribution in [0.1, 0.15) is 39.1 Å². The Hall–Kier alpha value is -2.93. The molecule has 0 bridgehead atoms. The quantitative estimate of drug-likeness (QED) is 0.783. The number of H-pyrrole nitrogens is 1. The second-order valence-electron chi connectivity index (χ2n) is 7.32. The van der Waals surface area contributed by atoms with Crippen LogP contribution in [0.3, 0.4) is 0 Å². The van der Waals surface area contributed by atoms with Gasteiger partial charge in [0.25, 0.3) is 5.91 Å². The first-order chi connectivity index (χ1) is 13.6. The van der Waals surface area contributed by atoms with Crippen molar-refractivity contribution in [2.75, 3.05) is 32.7 Å². The van der Waals surface area contributed by atoms with Crippen LogP contribution >= 0.6 is 0 Å². The Bertz CT molecular complexity index is 860. The Morgan fingerprint density at radius 3 is 2.50 bits per heavy atom. The largest absolute Gasteiger partial charge is 0.367 e. The number of likely N-dealkylation sites (tertiary alicyclic amines) is 1. The summed E-state index contributed by atoms with van der Waals surface area (Å²) in [6.45, 7) is 3.13. The number of benzene rings is 1. The summed E-state index contributed by atoms with van der Waals surface area (Å²) >= 11 is 0. The molecule has 2 aliphatic heterocycles. The van der Waals surface area contributed by atoms with Gasteiger partial charge in [0.15, 0.2) is 5.78 Å². The summed E-state index contributed by atoms with van der Waals surface area (Å²) in [6.07, 6.45) is 5.19. The molecular formula is C21H24N4O3. The number of nitrogens with one attached hydrogen (secondary N) is 2. The molecule has 0 spiro atoms. The van der Waals surface area contributed by atoms with Gasteiger partial charge in [-0.15, -0.1) is 0 Å². The molecule has 4 rings (SSSR count). The van der Waals surface area contributed by atoms with Crippen LogP contribution in [0, 0.1) is 0 Å². The molecule has 7 nitrogen and oxygen atoms in total. The number of aromatic nitrogens is 1. The Morgan fingerprint density at radius 1 is 1.00 bits per heavy atom. The second kappa shape index (κ2) is 7.98. The predicted octanol–water partition coefficient (Wildman–Crippen LogP) is 1.28. The topological polar surface area (TPSA) is 85.5 Å². The summed E-state index contributed by atoms with van der Waals surface area (Å²) in [6, 6.07) is 8.63. The van der Waals surface area contributed by atoms with Crippen LogP contribution in [0.15, 0.2) is 42.7 Å². The van der Waals surface area contributed by atoms with Gasteiger partial charge in [0, 0.05) is 61.3 Å². The minimum Gasteiger partial charge on any atom is -0.367 e. The maximum absolute atomic E-state index is 12.9. The van der Waals surface area contributed by atoms with E-state index in [2.05, 4.69) is 10.3 Å². The zero-order valence-corrected chi connectivity index (χ0v) is 15.7. The molecule has 7 heteroatoms. The van der Waals surface area contributed by atoms with Crippen molar-refractivity contribution in [3.8, 4) is 0 Å². The molecule has 28 heavy (non-hydrogen) atoms. The van der Waals surface area contributed by atoms with Crippen molar-refractivity contribution < 1.29 is 14.4 Å². The zero-order valence-electron chi connectivity index (χ0n) is 15.7. The van der Waals surface area contributed by atoms with Gasteiger partial charge in [-0.05, 0) is 31.0 Å². The summed E-state index contributed by atoms with van der Waals surface area (Å²) in [5.41, 5.74) is 1.72. The number of amides is 2. The number of rotatable bonds is 4. The van der Waals surface area contributed by atoms with Crippen molar-refractivity contribution in [2.24, 2.45) is 0 Å². The van der Waals surface area contributed by atoms with Crippen molar-refractivity contribution in [3.63, 3.8) is 0 Å². The van der Waals surface area contributed by atoms with Gasteiger partial charge in [-0.2, -0.15) is 0 Å². The van der Waals surface area contributed by atoms with Crippen LogP contribution in [-0.4, -0.2) is 71.1 Å². The van der Waals surface area contributed by atoms with E-state index in [4.69, 9.17) is 0 Å². The molecule has 1 atom stereocenters. The average molecular weight is 380 g/mol. The molecule has 2 saturated heterocycles. The normalized spacial score (nSPS) is 20.3. The van der Waals surface area contributed by atoms with Gasteiger partial charge in [0.1, 0.15) is 0 Å². The molecular weight excluding hydrogens is 356 g/mol. The lowest BCUT2D eigenvalue weighted by molar-refractivity contribution is -0.135. The Balaban J connectivity index is 1.43. The fourth-order valence-corrected chi connectivity index (χ4v) is 3.98. The average Bonchev–Trinajstić information content (AvgIpc) is 3.28. The van der Waals surface area contributed by atoms with E-state index in [1.165, 1.54) is 0 Å². The standard InChI is InChI=1S/C21H24N4O3/c26-19-13-23-9-11-25(19)18-2-1-10-24(14-18)21(28)16-5-3-15(4-6-16)20(27)17-7-8-22-12-17/h3-8,12,18,22-23H,1-2,9-11,13-14H2. The number of ketones is 1. The Morgan fingerprint density at radius 2 is 1.79 bits per heavy atom. The highest BCUT2D eigenvalue weighted by atomic mass is 16.2. The number of hydrogen-bond donors (Lipinski definition) is 2. The molecule has 0 aliphatic carbocycles. The first kappa shape index (κ1) is 18.4. The van der Waals surface area contributed by atoms with Gasteiger partial charge < -0.3 is 20.1 Å². The monoisotopic (exact) mass is 380 g/mol. The van der Waals surface area contributed by atoms with Gasteiger partial charge in [0.2, 0.25) is 5.91 Å². The molecule has 1 unspecified atom stereocenters. The van der Waals surface area contributed by atoms with E-state index >= 15 is 0 Å². The third-order valence-electron chi connectivity index (χ3n) is 5.50. The van der Waals surface area contributed by atoms with Crippen LogP contribution in [0.2, 0.25) is 0 Å². The van der Waals surface area contributed by atoms with Crippen LogP contribution in [0.25, 0.3) is 0 Å². The highest BCUT2D eigenvalue weighted by Crippen LogP contribution is 2.20. The van der Waals surface area contributed by atoms with Gasteiger partial charge in [-0.25, -0.2) is 0 Å². The maximum atomic E-state index is 12.9. The fourth-order valence-electron chi connectivity index (χ4n) is 3.98. The lowest BCUT2D eigenvalue weighted by Gasteiger charge is -2.41. The molecule has 2 aliphatic rings. The van der Waals surface area contributed by atoms with Crippen molar-refractivity contribution in [2.45, 2.75) is 18.9 Å². The highest BCUT2D eigenvalue weighted by Gasteiger charge is 2.31. The number of piperidine rings is 1. The molecule has 2 amide bonds. The van der Waals surface area contributed by atoms with Gasteiger partial charge in [0.05, 0.1) is 6.54 Å². The number of carbonyl (C=O) groups is 3. The second-order valence-corrected chi connectivity index (χ2v) is 7.32. The van der Waals surface area contributed by atoms with Crippen molar-refractivity contribution >= 4 is 17.6 Å². The molecule has 0 saturated carbocycles. The zero-order chi connectivity index (χ0) is 19.5. The number of piperazine rings is 1. The molecule has 1 aromatic heterocycles. The van der Waals surface area contributed by atoms with E-state index in [0.717, 1.165) is 19.4 Å². The third-order valence-corrected chi connectivity index (χ3v) is 5.50. The summed E-state index contributed by atoms with van der Waals surface area (Å²) in [4.78, 5) is 44.1. The predicted molar refractivity (Wildman–Crippen MR) is 104 cm³/mol. The van der Waals surface area contributed by atoms with E-state index in [9.17, 15) is 14.4 Å². The maximum Gasteiger partial charge on any atom is 0.253 e. The summed E-state index contributed by atoms with van der Waals surface area (Å²) in [5, 5.41) is 3.09. The van der Waals surface area contributed by atoms with E-state index in [1.807, 2.05) is 9.80 Å². The Labute approximate surface area is 163 Å². The van der Waals surface area contributed by atoms with Gasteiger partial charge in [-0.3, -0.25) is 14.4 Å². The molecule has 2 aromatic rings. The molecule has 0 radical (unpaired) electrons. The molecule has 3 heterocycles. The summed E-state index contributed by atoms with van der Waals surface area (Å²) in [5.74, 6) is -0.0124. The van der Waals surface area contributed by atoms with Crippen LogP contribution < -0.4 is 5.32 Å². The fraction of sp³-hybridized carbons (Fsp3) is 0.381. The van der Waals surface area contributed by atoms with Gasteiger partial charge >= 0.3 is 0 Å². The lowest BCUT2D eigenvalue weighted by atomic mass is 10.0. The van der Waals surface area contributed by atoms with Crippen LogP contribution in [-0.2, 0) is 4.79 Å². The number of aromatic amines is 1. The SMILES string of the molecule is O=C(c1ccc(C(=O)N2CCCC(N3CCNCC3=O)C2)cc1)c1cc[nH]c1. The summed E-state index contributed by atoms with van der Waals surface area (Å²) < 4.78 is 0. The first-order valence-corrected chi connectivity index (χ1v) is 9.70. The van der Waals surface area contributed by atoms with Crippen LogP contribution in [0.5, 0.6) is 0 Å². The number of nitrogens with zero attached hydrogens (tertiary/aromatic N) is 2. The smallest absolute Gasteiger partial charge is 0.253 e. The van der Waals surface area contributed by atoms with Crippen molar-refractivity contribution in [3.05, 3.63) is 59.4 Å². The van der Waals surface area contributed by atoms with Crippen molar-refractivity contribution in [1.29, 1.82) is 0 Å². The lowest BCUT2D eigenvalue weighted by Crippen LogP contribution is -2.57. The van der Waals surface area contributed by atoms with E-state index in [-0.39, 0.29) is 23.6 Å². The van der Waals surface area contributed by atoms with Gasteiger partial charge in [-0.1, -0.05) is 12.1 Å². The molecule has 1 aromatic carbocycles. The highest BCUT2D eigenvalue weighted by molar-refractivity contribution is 6.09. The summed E-state index contributed by atoms with van der Waals surface area (Å²) in [7, 11) is 0. The van der Waals surface area contributed by atoms with E-state index in [1.54, 1.807) is 42.7 Å².